The van der Waals surface area contributed by atoms with E-state index in [0.717, 1.165) is 17.1 Å². The van der Waals surface area contributed by atoms with Gasteiger partial charge in [-0.05, 0) is 114 Å². The van der Waals surface area contributed by atoms with Crippen LogP contribution in [0.15, 0.2) is 115 Å². The highest BCUT2D eigenvalue weighted by atomic mass is 19.1. The second-order valence-electron chi connectivity index (χ2n) is 14.8. The lowest BCUT2D eigenvalue weighted by Crippen LogP contribution is -2.36. The molecule has 0 N–H and O–H groups in total. The van der Waals surface area contributed by atoms with E-state index in [4.69, 9.17) is 0 Å². The van der Waals surface area contributed by atoms with Gasteiger partial charge in [0.05, 0.1) is 0 Å². The molecule has 0 aliphatic heterocycles. The quantitative estimate of drug-likeness (QED) is 0.185. The van der Waals surface area contributed by atoms with Crippen LogP contribution in [-0.4, -0.2) is 0 Å². The molecular weight excluding hydrogens is 556 g/mol. The predicted molar refractivity (Wildman–Crippen MR) is 185 cm³/mol. The summed E-state index contributed by atoms with van der Waals surface area (Å²) < 4.78 is 28.0. The summed E-state index contributed by atoms with van der Waals surface area (Å²) in [7, 11) is 0. The van der Waals surface area contributed by atoms with E-state index < -0.39 is 0 Å². The van der Waals surface area contributed by atoms with Crippen molar-refractivity contribution in [3.8, 4) is 0 Å². The van der Waals surface area contributed by atoms with Crippen molar-refractivity contribution in [1.82, 2.24) is 0 Å². The zero-order valence-corrected chi connectivity index (χ0v) is 26.7. The Hall–Kier alpha value is -4.50. The summed E-state index contributed by atoms with van der Waals surface area (Å²) in [6.07, 6.45) is 6.95. The first kappa shape index (κ1) is 28.0. The molecule has 0 bridgehead atoms. The smallest absolute Gasteiger partial charge is 0.123 e. The van der Waals surface area contributed by atoms with Gasteiger partial charge in [-0.2, -0.15) is 0 Å². The van der Waals surface area contributed by atoms with Crippen LogP contribution < -0.4 is 4.90 Å². The first-order valence-corrected chi connectivity index (χ1v) is 15.9. The Morgan fingerprint density at radius 3 is 1.76 bits per heavy atom. The number of hydrogen-bond acceptors (Lipinski definition) is 1. The van der Waals surface area contributed by atoms with Crippen LogP contribution in [-0.2, 0) is 16.2 Å². The summed E-state index contributed by atoms with van der Waals surface area (Å²) in [6, 6.07) is 29.5. The van der Waals surface area contributed by atoms with Crippen molar-refractivity contribution in [2.75, 3.05) is 4.90 Å². The lowest BCUT2D eigenvalue weighted by Gasteiger charge is -2.39. The molecule has 8 rings (SSSR count). The molecule has 6 aromatic rings. The maximum Gasteiger partial charge on any atom is 0.123 e. The van der Waals surface area contributed by atoms with E-state index in [9.17, 15) is 8.78 Å². The molecule has 6 aromatic carbocycles. The van der Waals surface area contributed by atoms with Gasteiger partial charge in [0.2, 0.25) is 0 Å². The molecule has 0 aromatic heterocycles. The Morgan fingerprint density at radius 1 is 0.667 bits per heavy atom. The lowest BCUT2D eigenvalue weighted by molar-refractivity contribution is 0.322. The molecule has 2 unspecified atom stereocenters. The Balaban J connectivity index is 1.33. The minimum atomic E-state index is -0.287. The van der Waals surface area contributed by atoms with Crippen molar-refractivity contribution in [2.24, 2.45) is 5.92 Å². The normalized spacial score (nSPS) is 20.5. The van der Waals surface area contributed by atoms with E-state index in [2.05, 4.69) is 107 Å². The van der Waals surface area contributed by atoms with Crippen LogP contribution in [0.1, 0.15) is 58.2 Å². The van der Waals surface area contributed by atoms with Gasteiger partial charge in [-0.25, -0.2) is 8.78 Å². The largest absolute Gasteiger partial charge is 0.311 e. The minimum absolute atomic E-state index is 0.0725. The van der Waals surface area contributed by atoms with Gasteiger partial charge in [0.25, 0.3) is 0 Å². The number of rotatable bonds is 3. The molecule has 0 spiro atoms. The second-order valence-corrected chi connectivity index (χ2v) is 14.8. The maximum absolute atomic E-state index is 14.0. The molecule has 3 heteroatoms. The SMILES string of the molecule is CC(C)(C)c1cc2ccc3cc4c(c5ccc(c1)c2c35)C1(C)C=CC(N(c2ccc(F)cc2)c2ccc(F)cc2)=CC1C4(C)C. The first-order valence-electron chi connectivity index (χ1n) is 15.9. The monoisotopic (exact) mass is 593 g/mol. The fourth-order valence-corrected chi connectivity index (χ4v) is 8.32. The molecule has 0 amide bonds. The van der Waals surface area contributed by atoms with E-state index in [0.29, 0.717) is 0 Å². The van der Waals surface area contributed by atoms with Gasteiger partial charge in [-0.15, -0.1) is 0 Å². The van der Waals surface area contributed by atoms with Crippen LogP contribution >= 0.6 is 0 Å². The molecule has 0 fully saturated rings. The van der Waals surface area contributed by atoms with Crippen LogP contribution in [0.5, 0.6) is 0 Å². The summed E-state index contributed by atoms with van der Waals surface area (Å²) in [5, 5.41) is 7.91. The minimum Gasteiger partial charge on any atom is -0.311 e. The summed E-state index contributed by atoms with van der Waals surface area (Å²) in [4.78, 5) is 2.10. The molecule has 2 aliphatic carbocycles. The highest BCUT2D eigenvalue weighted by molar-refractivity contribution is 6.24. The summed E-state index contributed by atoms with van der Waals surface area (Å²) >= 11 is 0. The molecule has 2 aliphatic rings. The lowest BCUT2D eigenvalue weighted by atomic mass is 9.66. The van der Waals surface area contributed by atoms with Crippen molar-refractivity contribution in [3.05, 3.63) is 143 Å². The Bertz CT molecular complexity index is 2130. The summed E-state index contributed by atoms with van der Waals surface area (Å²) in [6.45, 7) is 13.9. The third-order valence-corrected chi connectivity index (χ3v) is 10.6. The van der Waals surface area contributed by atoms with Crippen LogP contribution in [0, 0.1) is 17.6 Å². The Kier molecular flexibility index (Phi) is 5.77. The summed E-state index contributed by atoms with van der Waals surface area (Å²) in [5.41, 5.74) is 6.46. The number of allylic oxidation sites excluding steroid dienone is 3. The van der Waals surface area contributed by atoms with Gasteiger partial charge in [0.1, 0.15) is 11.6 Å². The maximum atomic E-state index is 14.0. The number of fused-ring (bicyclic) bond motifs is 4. The predicted octanol–water partition coefficient (Wildman–Crippen LogP) is 11.6. The average Bonchev–Trinajstić information content (AvgIpc) is 3.18. The molecule has 0 saturated heterocycles. The number of benzene rings is 6. The fraction of sp³-hybridized carbons (Fsp3) is 0.238. The molecular formula is C42H37F2N. The molecule has 224 valence electrons. The van der Waals surface area contributed by atoms with Crippen LogP contribution in [0.25, 0.3) is 32.3 Å². The average molecular weight is 594 g/mol. The van der Waals surface area contributed by atoms with E-state index in [1.54, 1.807) is 24.3 Å². The third-order valence-electron chi connectivity index (χ3n) is 10.6. The highest BCUT2D eigenvalue weighted by Gasteiger charge is 2.53. The molecule has 2 atom stereocenters. The second kappa shape index (κ2) is 9.26. The van der Waals surface area contributed by atoms with E-state index in [1.165, 1.54) is 73.3 Å². The van der Waals surface area contributed by atoms with Crippen LogP contribution in [0.4, 0.5) is 20.2 Å². The van der Waals surface area contributed by atoms with E-state index in [-0.39, 0.29) is 33.8 Å². The zero-order valence-electron chi connectivity index (χ0n) is 26.7. The molecule has 0 saturated carbocycles. The van der Waals surface area contributed by atoms with Crippen molar-refractivity contribution >= 4 is 43.7 Å². The van der Waals surface area contributed by atoms with Crippen molar-refractivity contribution < 1.29 is 8.78 Å². The number of anilines is 2. The number of halogens is 2. The fourth-order valence-electron chi connectivity index (χ4n) is 8.32. The highest BCUT2D eigenvalue weighted by Crippen LogP contribution is 2.60. The van der Waals surface area contributed by atoms with Crippen molar-refractivity contribution in [3.63, 3.8) is 0 Å². The third kappa shape index (κ3) is 4.02. The topological polar surface area (TPSA) is 3.24 Å². The Labute approximate surface area is 263 Å². The molecule has 0 radical (unpaired) electrons. The van der Waals surface area contributed by atoms with Gasteiger partial charge in [-0.1, -0.05) is 96.2 Å². The van der Waals surface area contributed by atoms with Gasteiger partial charge < -0.3 is 4.90 Å². The van der Waals surface area contributed by atoms with Crippen molar-refractivity contribution in [1.29, 1.82) is 0 Å². The van der Waals surface area contributed by atoms with E-state index >= 15 is 0 Å². The zero-order chi connectivity index (χ0) is 31.5. The standard InChI is InChI=1S/C42H37F2N/c1-40(2,3)28-21-25-7-8-27-23-35-39(34-18-9-26(22-28)37(25)38(27)34)42(6)20-19-33(24-36(42)41(35,4)5)45(31-14-10-29(43)11-15-31)32-16-12-30(44)13-17-32/h7-24,36H,1-6H3. The van der Waals surface area contributed by atoms with Crippen LogP contribution in [0.2, 0.25) is 0 Å². The molecule has 45 heavy (non-hydrogen) atoms. The van der Waals surface area contributed by atoms with Crippen molar-refractivity contribution in [2.45, 2.75) is 57.8 Å². The van der Waals surface area contributed by atoms with E-state index in [1.807, 2.05) is 0 Å². The number of nitrogens with zero attached hydrogens (tertiary/aromatic N) is 1. The number of hydrogen-bond donors (Lipinski definition) is 0. The van der Waals surface area contributed by atoms with Gasteiger partial charge in [0.15, 0.2) is 0 Å². The molecule has 1 nitrogen and oxygen atoms in total. The van der Waals surface area contributed by atoms with Crippen LogP contribution in [0.3, 0.4) is 0 Å². The molecule has 0 heterocycles. The van der Waals surface area contributed by atoms with Gasteiger partial charge in [-0.3, -0.25) is 0 Å². The van der Waals surface area contributed by atoms with Gasteiger partial charge in [0, 0.05) is 28.4 Å². The first-order chi connectivity index (χ1) is 21.4. The summed E-state index contributed by atoms with van der Waals surface area (Å²) in [5.74, 6) is -0.416. The Morgan fingerprint density at radius 2 is 1.20 bits per heavy atom. The van der Waals surface area contributed by atoms with Gasteiger partial charge >= 0.3 is 0 Å².